The number of rotatable bonds is 5. The van der Waals surface area contributed by atoms with Crippen molar-refractivity contribution < 1.29 is 14.3 Å². The van der Waals surface area contributed by atoms with Gasteiger partial charge < -0.3 is 14.6 Å². The number of carbonyl (C=O) groups excluding carboxylic acids is 2. The fraction of sp³-hybridized carbons (Fsp3) is 0.350. The maximum atomic E-state index is 11.9. The third-order valence-corrected chi connectivity index (χ3v) is 5.26. The van der Waals surface area contributed by atoms with Gasteiger partial charge in [-0.2, -0.15) is 5.10 Å². The average molecular weight is 437 g/mol. The minimum Gasteiger partial charge on any atom is -0.376 e. The first kappa shape index (κ1) is 21.4. The van der Waals surface area contributed by atoms with Gasteiger partial charge in [-0.3, -0.25) is 9.59 Å². The molecule has 1 aliphatic heterocycles. The third-order valence-electron chi connectivity index (χ3n) is 4.71. The second-order valence-corrected chi connectivity index (χ2v) is 7.65. The summed E-state index contributed by atoms with van der Waals surface area (Å²) >= 11 is 12.4. The van der Waals surface area contributed by atoms with Gasteiger partial charge in [0.1, 0.15) is 0 Å². The van der Waals surface area contributed by atoms with Crippen LogP contribution in [0.25, 0.3) is 5.69 Å². The van der Waals surface area contributed by atoms with E-state index in [9.17, 15) is 9.59 Å². The lowest BCUT2D eigenvalue weighted by molar-refractivity contribution is -0.139. The highest BCUT2D eigenvalue weighted by atomic mass is 35.5. The molecule has 2 amide bonds. The lowest BCUT2D eigenvalue weighted by atomic mass is 10.2. The highest BCUT2D eigenvalue weighted by Crippen LogP contribution is 2.28. The number of nitrogens with one attached hydrogen (secondary N) is 2. The normalized spacial score (nSPS) is 16.3. The van der Waals surface area contributed by atoms with Crippen molar-refractivity contribution in [1.82, 2.24) is 15.3 Å². The number of aryl methyl sites for hydroxylation is 1. The van der Waals surface area contributed by atoms with E-state index in [1.54, 1.807) is 18.2 Å². The highest BCUT2D eigenvalue weighted by Gasteiger charge is 2.19. The Morgan fingerprint density at radius 3 is 2.79 bits per heavy atom. The molecule has 0 bridgehead atoms. The van der Waals surface area contributed by atoms with Gasteiger partial charge in [0.05, 0.1) is 23.0 Å². The van der Waals surface area contributed by atoms with E-state index < -0.39 is 11.8 Å². The lowest BCUT2D eigenvalue weighted by Crippen LogP contribution is -2.41. The maximum absolute atomic E-state index is 11.9. The Morgan fingerprint density at radius 1 is 1.28 bits per heavy atom. The Balaban J connectivity index is 1.64. The number of hydrogen-bond donors (Lipinski definition) is 2. The number of halogens is 2. The fourth-order valence-corrected chi connectivity index (χ4v) is 3.62. The van der Waals surface area contributed by atoms with Gasteiger partial charge in [-0.1, -0.05) is 23.2 Å². The zero-order valence-corrected chi connectivity index (χ0v) is 17.7. The largest absolute Gasteiger partial charge is 0.376 e. The van der Waals surface area contributed by atoms with Crippen molar-refractivity contribution in [3.63, 3.8) is 0 Å². The predicted octanol–water partition coefficient (Wildman–Crippen LogP) is 3.15. The van der Waals surface area contributed by atoms with Crippen molar-refractivity contribution in [2.75, 3.05) is 13.2 Å². The van der Waals surface area contributed by atoms with E-state index >= 15 is 0 Å². The molecular formula is C20H22Cl2N4O3. The average Bonchev–Trinajstić information content (AvgIpc) is 3.30. The van der Waals surface area contributed by atoms with Crippen molar-refractivity contribution in [2.24, 2.45) is 5.10 Å². The molecule has 9 heteroatoms. The molecular weight excluding hydrogens is 415 g/mol. The molecule has 1 aromatic heterocycles. The second kappa shape index (κ2) is 9.43. The van der Waals surface area contributed by atoms with E-state index in [1.165, 1.54) is 6.21 Å². The van der Waals surface area contributed by atoms with Gasteiger partial charge >= 0.3 is 11.8 Å². The van der Waals surface area contributed by atoms with Crippen LogP contribution >= 0.6 is 23.2 Å². The SMILES string of the molecule is Cc1cc(C=NNC(=O)C(=O)NCC2CCCO2)c(C)n1-c1cc(Cl)ccc1Cl. The van der Waals surface area contributed by atoms with E-state index in [2.05, 4.69) is 15.8 Å². The summed E-state index contributed by atoms with van der Waals surface area (Å²) in [5.41, 5.74) is 5.57. The summed E-state index contributed by atoms with van der Waals surface area (Å²) in [5.74, 6) is -1.57. The minimum absolute atomic E-state index is 0.0287. The molecule has 0 saturated carbocycles. The summed E-state index contributed by atoms with van der Waals surface area (Å²) in [4.78, 5) is 23.7. The lowest BCUT2D eigenvalue weighted by Gasteiger charge is -2.12. The van der Waals surface area contributed by atoms with Crippen LogP contribution in [0, 0.1) is 13.8 Å². The van der Waals surface area contributed by atoms with Crippen LogP contribution < -0.4 is 10.7 Å². The van der Waals surface area contributed by atoms with Gasteiger partial charge in [-0.05, 0) is 51.0 Å². The topological polar surface area (TPSA) is 84.7 Å². The standard InChI is InChI=1S/C20H22Cl2N4O3/c1-12-8-14(13(2)26(12)18-9-15(21)5-6-17(18)22)10-24-25-20(28)19(27)23-11-16-4-3-7-29-16/h5-6,8-10,16H,3-4,7,11H2,1-2H3,(H,23,27)(H,25,28). The van der Waals surface area contributed by atoms with Crippen molar-refractivity contribution in [3.8, 4) is 5.69 Å². The summed E-state index contributed by atoms with van der Waals surface area (Å²) < 4.78 is 7.36. The van der Waals surface area contributed by atoms with Crippen LogP contribution in [-0.2, 0) is 14.3 Å². The third kappa shape index (κ3) is 5.18. The van der Waals surface area contributed by atoms with Crippen molar-refractivity contribution in [1.29, 1.82) is 0 Å². The number of aromatic nitrogens is 1. The van der Waals surface area contributed by atoms with Crippen molar-refractivity contribution >= 4 is 41.2 Å². The molecule has 1 aromatic carbocycles. The molecule has 1 unspecified atom stereocenters. The fourth-order valence-electron chi connectivity index (χ4n) is 3.25. The van der Waals surface area contributed by atoms with Crippen LogP contribution in [0.2, 0.25) is 10.0 Å². The molecule has 7 nitrogen and oxygen atoms in total. The number of ether oxygens (including phenoxy) is 1. The van der Waals surface area contributed by atoms with Gasteiger partial charge in [0.25, 0.3) is 0 Å². The molecule has 3 rings (SSSR count). The Labute approximate surface area is 179 Å². The van der Waals surface area contributed by atoms with Crippen LogP contribution in [0.4, 0.5) is 0 Å². The first-order valence-corrected chi connectivity index (χ1v) is 9.99. The highest BCUT2D eigenvalue weighted by molar-refractivity contribution is 6.35. The Morgan fingerprint density at radius 2 is 2.07 bits per heavy atom. The smallest absolute Gasteiger partial charge is 0.329 e. The van der Waals surface area contributed by atoms with Crippen LogP contribution in [0.15, 0.2) is 29.4 Å². The monoisotopic (exact) mass is 436 g/mol. The van der Waals surface area contributed by atoms with Gasteiger partial charge in [0.2, 0.25) is 0 Å². The molecule has 154 valence electrons. The number of carbonyl (C=O) groups is 2. The molecule has 1 atom stereocenters. The Hall–Kier alpha value is -2.35. The summed E-state index contributed by atoms with van der Waals surface area (Å²) in [6.07, 6.45) is 3.31. The zero-order valence-electron chi connectivity index (χ0n) is 16.2. The summed E-state index contributed by atoms with van der Waals surface area (Å²) in [5, 5.41) is 7.59. The van der Waals surface area contributed by atoms with Crippen LogP contribution in [-0.4, -0.2) is 41.9 Å². The molecule has 0 aliphatic carbocycles. The van der Waals surface area contributed by atoms with Gasteiger partial charge in [0, 0.05) is 35.1 Å². The summed E-state index contributed by atoms with van der Waals surface area (Å²) in [6, 6.07) is 7.15. The van der Waals surface area contributed by atoms with Crippen LogP contribution in [0.5, 0.6) is 0 Å². The van der Waals surface area contributed by atoms with Crippen molar-refractivity contribution in [3.05, 3.63) is 51.3 Å². The molecule has 29 heavy (non-hydrogen) atoms. The summed E-state index contributed by atoms with van der Waals surface area (Å²) in [6.45, 7) is 4.84. The minimum atomic E-state index is -0.828. The Bertz CT molecular complexity index is 949. The zero-order chi connectivity index (χ0) is 21.0. The molecule has 2 heterocycles. The van der Waals surface area contributed by atoms with E-state index in [0.717, 1.165) is 35.5 Å². The number of amides is 2. The maximum Gasteiger partial charge on any atom is 0.329 e. The first-order valence-electron chi connectivity index (χ1n) is 9.24. The van der Waals surface area contributed by atoms with Gasteiger partial charge in [-0.15, -0.1) is 0 Å². The molecule has 2 N–H and O–H groups in total. The van der Waals surface area contributed by atoms with Crippen LogP contribution in [0.1, 0.15) is 29.8 Å². The molecule has 2 aromatic rings. The van der Waals surface area contributed by atoms with E-state index in [-0.39, 0.29) is 6.10 Å². The van der Waals surface area contributed by atoms with Crippen molar-refractivity contribution in [2.45, 2.75) is 32.8 Å². The number of hydrazone groups is 1. The molecule has 1 fully saturated rings. The van der Waals surface area contributed by atoms with Gasteiger partial charge in [0.15, 0.2) is 0 Å². The molecule has 0 radical (unpaired) electrons. The molecule has 1 saturated heterocycles. The number of benzene rings is 1. The van der Waals surface area contributed by atoms with E-state index in [4.69, 9.17) is 27.9 Å². The number of hydrogen-bond acceptors (Lipinski definition) is 4. The number of nitrogens with zero attached hydrogens (tertiary/aromatic N) is 2. The Kier molecular flexibility index (Phi) is 6.95. The van der Waals surface area contributed by atoms with Gasteiger partial charge in [-0.25, -0.2) is 5.43 Å². The van der Waals surface area contributed by atoms with E-state index in [1.807, 2.05) is 24.5 Å². The molecule has 0 spiro atoms. The molecule has 1 aliphatic rings. The quantitative estimate of drug-likeness (QED) is 0.428. The van der Waals surface area contributed by atoms with E-state index in [0.29, 0.717) is 23.2 Å². The summed E-state index contributed by atoms with van der Waals surface area (Å²) in [7, 11) is 0. The first-order chi connectivity index (χ1) is 13.9. The predicted molar refractivity (Wildman–Crippen MR) is 113 cm³/mol. The second-order valence-electron chi connectivity index (χ2n) is 6.80. The van der Waals surface area contributed by atoms with Crippen LogP contribution in [0.3, 0.4) is 0 Å².